The van der Waals surface area contributed by atoms with Crippen LogP contribution in [0.2, 0.25) is 0 Å². The number of carbonyl (C=O) groups excluding carboxylic acids is 2. The summed E-state index contributed by atoms with van der Waals surface area (Å²) in [4.78, 5) is 28.4. The number of nitrogens with zero attached hydrogens (tertiary/aromatic N) is 2. The van der Waals surface area contributed by atoms with Crippen LogP contribution in [0.15, 0.2) is 23.0 Å². The summed E-state index contributed by atoms with van der Waals surface area (Å²) in [5.41, 5.74) is 0.479. The van der Waals surface area contributed by atoms with Crippen molar-refractivity contribution in [1.29, 1.82) is 0 Å². The first-order valence-corrected chi connectivity index (χ1v) is 8.25. The third-order valence-corrected chi connectivity index (χ3v) is 3.99. The first-order valence-electron chi connectivity index (χ1n) is 8.25. The molecule has 2 rings (SSSR count). The first-order chi connectivity index (χ1) is 11.5. The van der Waals surface area contributed by atoms with Gasteiger partial charge in [0.15, 0.2) is 0 Å². The highest BCUT2D eigenvalue weighted by molar-refractivity contribution is 5.94. The molecule has 0 N–H and O–H groups in total. The van der Waals surface area contributed by atoms with Crippen LogP contribution in [0.1, 0.15) is 30.6 Å². The first kappa shape index (κ1) is 18.5. The molecule has 1 saturated heterocycles. The van der Waals surface area contributed by atoms with Gasteiger partial charge in [0.25, 0.3) is 5.91 Å². The Morgan fingerprint density at radius 1 is 1.29 bits per heavy atom. The topological polar surface area (TPSA) is 72.2 Å². The van der Waals surface area contributed by atoms with Gasteiger partial charge in [0.1, 0.15) is 6.26 Å². The molecule has 0 aliphatic carbocycles. The van der Waals surface area contributed by atoms with Gasteiger partial charge >= 0.3 is 0 Å². The standard InChI is InChI=1S/C17H26N2O5/c1-13-10-19(11-14(2)24-13)16(20)4-6-18(7-9-22-3)17(21)15-5-8-23-12-15/h5,8,12-14H,4,6-7,9-11H2,1-3H3/t13-,14-/m0/s1. The Morgan fingerprint density at radius 2 is 2.00 bits per heavy atom. The van der Waals surface area contributed by atoms with E-state index in [1.807, 2.05) is 18.7 Å². The largest absolute Gasteiger partial charge is 0.472 e. The molecule has 7 nitrogen and oxygen atoms in total. The molecule has 1 aromatic rings. The quantitative estimate of drug-likeness (QED) is 0.751. The summed E-state index contributed by atoms with van der Waals surface area (Å²) in [5.74, 6) is -0.114. The predicted octanol–water partition coefficient (Wildman–Crippen LogP) is 1.39. The minimum atomic E-state index is -0.155. The van der Waals surface area contributed by atoms with Crippen LogP contribution in [0.25, 0.3) is 0 Å². The normalized spacial score (nSPS) is 20.9. The fourth-order valence-corrected chi connectivity index (χ4v) is 2.86. The minimum absolute atomic E-state index is 0.0369. The highest BCUT2D eigenvalue weighted by atomic mass is 16.5. The van der Waals surface area contributed by atoms with E-state index in [2.05, 4.69) is 0 Å². The van der Waals surface area contributed by atoms with Gasteiger partial charge in [-0.1, -0.05) is 0 Å². The monoisotopic (exact) mass is 338 g/mol. The van der Waals surface area contributed by atoms with Gasteiger partial charge in [0.2, 0.25) is 5.91 Å². The lowest BCUT2D eigenvalue weighted by molar-refractivity contribution is -0.143. The van der Waals surface area contributed by atoms with Crippen molar-refractivity contribution < 1.29 is 23.5 Å². The molecular formula is C17H26N2O5. The predicted molar refractivity (Wildman–Crippen MR) is 87.7 cm³/mol. The molecular weight excluding hydrogens is 312 g/mol. The van der Waals surface area contributed by atoms with E-state index in [0.29, 0.717) is 38.3 Å². The van der Waals surface area contributed by atoms with Crippen LogP contribution in [0, 0.1) is 0 Å². The number of morpholine rings is 1. The van der Waals surface area contributed by atoms with Crippen molar-refractivity contribution in [1.82, 2.24) is 9.80 Å². The van der Waals surface area contributed by atoms with Gasteiger partial charge in [-0.05, 0) is 19.9 Å². The molecule has 2 amide bonds. The Hall–Kier alpha value is -1.86. The highest BCUT2D eigenvalue weighted by Crippen LogP contribution is 2.13. The fraction of sp³-hybridized carbons (Fsp3) is 0.647. The van der Waals surface area contributed by atoms with E-state index >= 15 is 0 Å². The van der Waals surface area contributed by atoms with Crippen molar-refractivity contribution in [3.05, 3.63) is 24.2 Å². The van der Waals surface area contributed by atoms with E-state index in [4.69, 9.17) is 13.9 Å². The Labute approximate surface area is 142 Å². The third kappa shape index (κ3) is 5.07. The van der Waals surface area contributed by atoms with Crippen LogP contribution < -0.4 is 0 Å². The Bertz CT molecular complexity index is 521. The number of rotatable bonds is 7. The molecule has 1 aliphatic heterocycles. The maximum atomic E-state index is 12.5. The average Bonchev–Trinajstić information content (AvgIpc) is 3.07. The smallest absolute Gasteiger partial charge is 0.257 e. The van der Waals surface area contributed by atoms with E-state index in [1.165, 1.54) is 12.5 Å². The number of carbonyl (C=O) groups is 2. The molecule has 1 aliphatic rings. The van der Waals surface area contributed by atoms with Gasteiger partial charge in [-0.25, -0.2) is 0 Å². The SMILES string of the molecule is COCCN(CCC(=O)N1C[C@H](C)O[C@@H](C)C1)C(=O)c1ccoc1. The van der Waals surface area contributed by atoms with E-state index in [9.17, 15) is 9.59 Å². The van der Waals surface area contributed by atoms with Crippen LogP contribution in [-0.2, 0) is 14.3 Å². The molecule has 2 atom stereocenters. The Kier molecular flexibility index (Phi) is 6.81. The number of methoxy groups -OCH3 is 1. The molecule has 0 radical (unpaired) electrons. The van der Waals surface area contributed by atoms with Crippen LogP contribution in [0.4, 0.5) is 0 Å². The van der Waals surface area contributed by atoms with Crippen molar-refractivity contribution in [2.75, 3.05) is 39.9 Å². The van der Waals surface area contributed by atoms with Crippen molar-refractivity contribution in [3.63, 3.8) is 0 Å². The summed E-state index contributed by atoms with van der Waals surface area (Å²) >= 11 is 0. The highest BCUT2D eigenvalue weighted by Gasteiger charge is 2.26. The van der Waals surface area contributed by atoms with Gasteiger partial charge in [-0.15, -0.1) is 0 Å². The van der Waals surface area contributed by atoms with Crippen molar-refractivity contribution >= 4 is 11.8 Å². The van der Waals surface area contributed by atoms with E-state index < -0.39 is 0 Å². The number of amides is 2. The lowest BCUT2D eigenvalue weighted by Crippen LogP contribution is -2.49. The summed E-state index contributed by atoms with van der Waals surface area (Å²) in [5, 5.41) is 0. The van der Waals surface area contributed by atoms with Gasteiger partial charge in [-0.3, -0.25) is 9.59 Å². The summed E-state index contributed by atoms with van der Waals surface area (Å²) < 4.78 is 15.7. The van der Waals surface area contributed by atoms with Crippen LogP contribution >= 0.6 is 0 Å². The Morgan fingerprint density at radius 3 is 2.58 bits per heavy atom. The molecule has 0 aromatic carbocycles. The molecule has 0 bridgehead atoms. The number of hydrogen-bond donors (Lipinski definition) is 0. The molecule has 0 unspecified atom stereocenters. The van der Waals surface area contributed by atoms with Crippen LogP contribution in [0.5, 0.6) is 0 Å². The molecule has 0 saturated carbocycles. The molecule has 0 spiro atoms. The van der Waals surface area contributed by atoms with Crippen LogP contribution in [0.3, 0.4) is 0 Å². The van der Waals surface area contributed by atoms with Gasteiger partial charge < -0.3 is 23.7 Å². The lowest BCUT2D eigenvalue weighted by Gasteiger charge is -2.35. The zero-order valence-electron chi connectivity index (χ0n) is 14.6. The zero-order chi connectivity index (χ0) is 17.5. The van der Waals surface area contributed by atoms with E-state index in [-0.39, 0.29) is 30.4 Å². The average molecular weight is 338 g/mol. The van der Waals surface area contributed by atoms with Gasteiger partial charge in [0, 0.05) is 39.7 Å². The number of furan rings is 1. The molecule has 24 heavy (non-hydrogen) atoms. The summed E-state index contributed by atoms with van der Waals surface area (Å²) in [7, 11) is 1.59. The van der Waals surface area contributed by atoms with Crippen molar-refractivity contribution in [3.8, 4) is 0 Å². The molecule has 1 aromatic heterocycles. The van der Waals surface area contributed by atoms with Gasteiger partial charge in [-0.2, -0.15) is 0 Å². The number of ether oxygens (including phenoxy) is 2. The second-order valence-corrected chi connectivity index (χ2v) is 6.10. The Balaban J connectivity index is 1.91. The molecule has 1 fully saturated rings. The second-order valence-electron chi connectivity index (χ2n) is 6.10. The molecule has 134 valence electrons. The lowest BCUT2D eigenvalue weighted by atomic mass is 10.2. The minimum Gasteiger partial charge on any atom is -0.472 e. The fourth-order valence-electron chi connectivity index (χ4n) is 2.86. The summed E-state index contributed by atoms with van der Waals surface area (Å²) in [6, 6.07) is 1.62. The number of hydrogen-bond acceptors (Lipinski definition) is 5. The van der Waals surface area contributed by atoms with E-state index in [1.54, 1.807) is 18.1 Å². The third-order valence-electron chi connectivity index (χ3n) is 3.99. The maximum absolute atomic E-state index is 12.5. The maximum Gasteiger partial charge on any atom is 0.257 e. The second kappa shape index (κ2) is 8.84. The van der Waals surface area contributed by atoms with Gasteiger partial charge in [0.05, 0.1) is 30.6 Å². The molecule has 7 heteroatoms. The van der Waals surface area contributed by atoms with Crippen molar-refractivity contribution in [2.45, 2.75) is 32.5 Å². The summed E-state index contributed by atoms with van der Waals surface area (Å²) in [6.07, 6.45) is 3.23. The molecule has 2 heterocycles. The van der Waals surface area contributed by atoms with Crippen molar-refractivity contribution in [2.24, 2.45) is 0 Å². The zero-order valence-corrected chi connectivity index (χ0v) is 14.6. The van der Waals surface area contributed by atoms with Crippen LogP contribution in [-0.4, -0.2) is 73.7 Å². The van der Waals surface area contributed by atoms with E-state index in [0.717, 1.165) is 0 Å². The summed E-state index contributed by atoms with van der Waals surface area (Å²) in [6.45, 7) is 6.32.